The third kappa shape index (κ3) is 3.44. The first-order valence-electron chi connectivity index (χ1n) is 7.32. The fraction of sp³-hybridized carbons (Fsp3) is 0.929. The summed E-state index contributed by atoms with van der Waals surface area (Å²) in [5.41, 5.74) is 0. The highest BCUT2D eigenvalue weighted by Crippen LogP contribution is 2.27. The molecule has 0 radical (unpaired) electrons. The van der Waals surface area contributed by atoms with Crippen molar-refractivity contribution in [2.24, 2.45) is 5.92 Å². The van der Waals surface area contributed by atoms with Crippen LogP contribution in [-0.2, 0) is 4.79 Å². The van der Waals surface area contributed by atoms with Crippen molar-refractivity contribution in [1.82, 2.24) is 10.2 Å². The molecule has 2 aliphatic rings. The Labute approximate surface area is 105 Å². The molecule has 98 valence electrons. The van der Waals surface area contributed by atoms with E-state index < -0.39 is 0 Å². The van der Waals surface area contributed by atoms with Crippen LogP contribution in [0, 0.1) is 5.92 Å². The third-order valence-corrected chi connectivity index (χ3v) is 4.39. The van der Waals surface area contributed by atoms with E-state index in [-0.39, 0.29) is 0 Å². The Morgan fingerprint density at radius 3 is 2.71 bits per heavy atom. The summed E-state index contributed by atoms with van der Waals surface area (Å²) in [5, 5.41) is 3.59. The Kier molecular flexibility index (Phi) is 4.84. The van der Waals surface area contributed by atoms with Crippen LogP contribution in [-0.4, -0.2) is 36.5 Å². The maximum atomic E-state index is 11.9. The van der Waals surface area contributed by atoms with Crippen LogP contribution in [0.1, 0.15) is 51.9 Å². The molecule has 2 atom stereocenters. The molecule has 1 heterocycles. The van der Waals surface area contributed by atoms with Crippen LogP contribution >= 0.6 is 0 Å². The summed E-state index contributed by atoms with van der Waals surface area (Å²) in [5.74, 6) is 1.19. The quantitative estimate of drug-likeness (QED) is 0.796. The van der Waals surface area contributed by atoms with Gasteiger partial charge in [0.25, 0.3) is 0 Å². The number of amides is 1. The number of carbonyl (C=O) groups excluding carboxylic acids is 1. The molecule has 2 unspecified atom stereocenters. The van der Waals surface area contributed by atoms with E-state index >= 15 is 0 Å². The normalized spacial score (nSPS) is 28.9. The fourth-order valence-corrected chi connectivity index (χ4v) is 3.28. The molecular formula is C14H26N2O. The molecule has 0 spiro atoms. The average molecular weight is 238 g/mol. The monoisotopic (exact) mass is 238 g/mol. The van der Waals surface area contributed by atoms with Crippen LogP contribution in [0.3, 0.4) is 0 Å². The molecule has 1 aliphatic heterocycles. The molecule has 0 aromatic rings. The summed E-state index contributed by atoms with van der Waals surface area (Å²) in [4.78, 5) is 13.9. The van der Waals surface area contributed by atoms with Gasteiger partial charge in [-0.05, 0) is 31.6 Å². The van der Waals surface area contributed by atoms with Crippen LogP contribution in [0.25, 0.3) is 0 Å². The van der Waals surface area contributed by atoms with E-state index in [1.807, 2.05) is 4.90 Å². The Hall–Kier alpha value is -0.570. The molecule has 0 aromatic carbocycles. The standard InChI is InChI=1S/C14H26N2O/c1-2-12-6-5-7-13(12)15-9-8-14(17)16-10-3-4-11-16/h12-13,15H,2-11H2,1H3. The molecule has 2 rings (SSSR count). The lowest BCUT2D eigenvalue weighted by Gasteiger charge is -2.20. The van der Waals surface area contributed by atoms with Gasteiger partial charge in [0.2, 0.25) is 5.91 Å². The molecular weight excluding hydrogens is 212 g/mol. The second-order valence-corrected chi connectivity index (χ2v) is 5.50. The highest BCUT2D eigenvalue weighted by Gasteiger charge is 2.25. The largest absolute Gasteiger partial charge is 0.343 e. The first-order valence-corrected chi connectivity index (χ1v) is 7.32. The summed E-state index contributed by atoms with van der Waals surface area (Å²) in [6.07, 6.45) is 8.38. The lowest BCUT2D eigenvalue weighted by atomic mass is 10.0. The minimum absolute atomic E-state index is 0.348. The van der Waals surface area contributed by atoms with Gasteiger partial charge in [-0.25, -0.2) is 0 Å². The highest BCUT2D eigenvalue weighted by molar-refractivity contribution is 5.76. The number of carbonyl (C=O) groups is 1. The van der Waals surface area contributed by atoms with Gasteiger partial charge in [0.05, 0.1) is 0 Å². The van der Waals surface area contributed by atoms with Crippen LogP contribution in [0.15, 0.2) is 0 Å². The zero-order chi connectivity index (χ0) is 12.1. The molecule has 2 fully saturated rings. The number of hydrogen-bond donors (Lipinski definition) is 1. The van der Waals surface area contributed by atoms with E-state index in [9.17, 15) is 4.79 Å². The van der Waals surface area contributed by atoms with E-state index in [4.69, 9.17) is 0 Å². The van der Waals surface area contributed by atoms with Gasteiger partial charge in [-0.2, -0.15) is 0 Å². The lowest BCUT2D eigenvalue weighted by Crippen LogP contribution is -2.36. The van der Waals surface area contributed by atoms with E-state index in [0.717, 1.165) is 25.6 Å². The van der Waals surface area contributed by atoms with Gasteiger partial charge in [0.1, 0.15) is 0 Å². The maximum Gasteiger partial charge on any atom is 0.223 e. The third-order valence-electron chi connectivity index (χ3n) is 4.39. The topological polar surface area (TPSA) is 32.3 Å². The predicted octanol–water partition coefficient (Wildman–Crippen LogP) is 2.17. The molecule has 0 aromatic heterocycles. The van der Waals surface area contributed by atoms with Crippen molar-refractivity contribution in [2.75, 3.05) is 19.6 Å². The molecule has 3 nitrogen and oxygen atoms in total. The molecule has 3 heteroatoms. The summed E-state index contributed by atoms with van der Waals surface area (Å²) in [6.45, 7) is 5.12. The highest BCUT2D eigenvalue weighted by atomic mass is 16.2. The molecule has 1 N–H and O–H groups in total. The summed E-state index contributed by atoms with van der Waals surface area (Å²) < 4.78 is 0. The minimum Gasteiger partial charge on any atom is -0.343 e. The second-order valence-electron chi connectivity index (χ2n) is 5.50. The summed E-state index contributed by atoms with van der Waals surface area (Å²) >= 11 is 0. The van der Waals surface area contributed by atoms with Gasteiger partial charge >= 0.3 is 0 Å². The predicted molar refractivity (Wildman–Crippen MR) is 69.9 cm³/mol. The average Bonchev–Trinajstić information content (AvgIpc) is 2.99. The van der Waals surface area contributed by atoms with Crippen molar-refractivity contribution in [3.63, 3.8) is 0 Å². The lowest BCUT2D eigenvalue weighted by molar-refractivity contribution is -0.130. The van der Waals surface area contributed by atoms with Crippen molar-refractivity contribution >= 4 is 5.91 Å². The zero-order valence-corrected chi connectivity index (χ0v) is 11.1. The Balaban J connectivity index is 1.63. The van der Waals surface area contributed by atoms with Crippen molar-refractivity contribution < 1.29 is 4.79 Å². The SMILES string of the molecule is CCC1CCCC1NCCC(=O)N1CCCC1. The number of rotatable bonds is 5. The number of hydrogen-bond acceptors (Lipinski definition) is 2. The number of likely N-dealkylation sites (tertiary alicyclic amines) is 1. The van der Waals surface area contributed by atoms with Crippen LogP contribution in [0.4, 0.5) is 0 Å². The van der Waals surface area contributed by atoms with E-state index in [1.54, 1.807) is 0 Å². The first kappa shape index (κ1) is 12.9. The molecule has 1 amide bonds. The fourth-order valence-electron chi connectivity index (χ4n) is 3.28. The minimum atomic E-state index is 0.348. The van der Waals surface area contributed by atoms with Crippen molar-refractivity contribution in [3.8, 4) is 0 Å². The van der Waals surface area contributed by atoms with E-state index in [2.05, 4.69) is 12.2 Å². The Morgan fingerprint density at radius 2 is 2.00 bits per heavy atom. The van der Waals surface area contributed by atoms with Gasteiger partial charge < -0.3 is 10.2 Å². The van der Waals surface area contributed by atoms with Crippen molar-refractivity contribution in [1.29, 1.82) is 0 Å². The van der Waals surface area contributed by atoms with Crippen LogP contribution in [0.2, 0.25) is 0 Å². The van der Waals surface area contributed by atoms with Crippen molar-refractivity contribution in [2.45, 2.75) is 57.9 Å². The number of nitrogens with zero attached hydrogens (tertiary/aromatic N) is 1. The van der Waals surface area contributed by atoms with Crippen molar-refractivity contribution in [3.05, 3.63) is 0 Å². The maximum absolute atomic E-state index is 11.9. The molecule has 1 aliphatic carbocycles. The Bertz CT molecular complexity index is 249. The summed E-state index contributed by atoms with van der Waals surface area (Å²) in [6, 6.07) is 0.673. The number of nitrogens with one attached hydrogen (secondary N) is 1. The Morgan fingerprint density at radius 1 is 1.24 bits per heavy atom. The van der Waals surface area contributed by atoms with Gasteiger partial charge in [-0.15, -0.1) is 0 Å². The second kappa shape index (κ2) is 6.39. The van der Waals surface area contributed by atoms with Crippen LogP contribution in [0.5, 0.6) is 0 Å². The van der Waals surface area contributed by atoms with Gasteiger partial charge in [-0.1, -0.05) is 19.8 Å². The van der Waals surface area contributed by atoms with Crippen LogP contribution < -0.4 is 5.32 Å². The van der Waals surface area contributed by atoms with E-state index in [0.29, 0.717) is 18.4 Å². The van der Waals surface area contributed by atoms with Gasteiger partial charge in [0.15, 0.2) is 0 Å². The van der Waals surface area contributed by atoms with Gasteiger partial charge in [0, 0.05) is 32.1 Å². The smallest absolute Gasteiger partial charge is 0.223 e. The van der Waals surface area contributed by atoms with Gasteiger partial charge in [-0.3, -0.25) is 4.79 Å². The summed E-state index contributed by atoms with van der Waals surface area (Å²) in [7, 11) is 0. The first-order chi connectivity index (χ1) is 8.31. The molecule has 1 saturated carbocycles. The zero-order valence-electron chi connectivity index (χ0n) is 11.1. The van der Waals surface area contributed by atoms with E-state index in [1.165, 1.54) is 38.5 Å². The molecule has 1 saturated heterocycles. The molecule has 0 bridgehead atoms. The molecule has 17 heavy (non-hydrogen) atoms.